The first-order valence-corrected chi connectivity index (χ1v) is 17.9. The van der Waals surface area contributed by atoms with Gasteiger partial charge in [-0.3, -0.25) is 38.6 Å². The van der Waals surface area contributed by atoms with Crippen LogP contribution in [0.5, 0.6) is 5.75 Å². The molecule has 52 heavy (non-hydrogen) atoms. The molecule has 20 nitrogen and oxygen atoms in total. The highest BCUT2D eigenvalue weighted by atomic mass is 31.2. The molecular weight excluding hydrogens is 709 g/mol. The number of aliphatic hydroxyl groups is 1. The Morgan fingerprint density at radius 1 is 0.923 bits per heavy atom. The molecule has 0 aromatic heterocycles. The number of carbonyl (C=O) groups excluding carboxylic acids is 6. The lowest BCUT2D eigenvalue weighted by atomic mass is 10.0. The van der Waals surface area contributed by atoms with Gasteiger partial charge in [-0.05, 0) is 63.1 Å². The molecule has 1 aliphatic heterocycles. The molecule has 290 valence electrons. The summed E-state index contributed by atoms with van der Waals surface area (Å²) in [5, 5.41) is 29.2. The number of rotatable bonds is 19. The summed E-state index contributed by atoms with van der Waals surface area (Å²) in [4.78, 5) is 108. The molecule has 1 aromatic carbocycles. The van der Waals surface area contributed by atoms with Gasteiger partial charge in [0.05, 0.1) is 12.1 Å². The van der Waals surface area contributed by atoms with Gasteiger partial charge in [0, 0.05) is 13.0 Å². The van der Waals surface area contributed by atoms with Crippen LogP contribution in [0.1, 0.15) is 58.9 Å². The molecule has 0 spiro atoms. The zero-order valence-electron chi connectivity index (χ0n) is 29.2. The quantitative estimate of drug-likeness (QED) is 0.0646. The lowest BCUT2D eigenvalue weighted by Crippen LogP contribution is -2.61. The first kappa shape index (κ1) is 43.5. The van der Waals surface area contributed by atoms with Crippen LogP contribution >= 0.6 is 7.82 Å². The standard InChI is InChI=1S/C31H48N7O13P/c1-15(2)24(31(46)47)36-29(44)25(17(4)39)37-27(42)21(11-12-23(33)40)35-28(43)22-6-5-13-38(22)30(45)16(3)34-26(41)20(32)14-18-7-9-19(10-8-18)51-52(48,49)50/h7-10,15-17,20-22,24-25,39H,5-6,11-14,32H2,1-4H3,(H2,33,40)(H,34,41)(H,35,43)(H,36,44)(H,37,42)(H,46,47)(H2,48,49,50)/t16-,17+,20-,21-,22-,24-,25-/m0/s1. The van der Waals surface area contributed by atoms with Crippen LogP contribution in [0.15, 0.2) is 24.3 Å². The van der Waals surface area contributed by atoms with Crippen LogP contribution in [0.3, 0.4) is 0 Å². The zero-order valence-corrected chi connectivity index (χ0v) is 30.1. The molecule has 1 fully saturated rings. The number of nitrogens with two attached hydrogens (primary N) is 2. The van der Waals surface area contributed by atoms with Crippen molar-refractivity contribution in [3.05, 3.63) is 29.8 Å². The summed E-state index contributed by atoms with van der Waals surface area (Å²) < 4.78 is 15.5. The van der Waals surface area contributed by atoms with Crippen molar-refractivity contribution in [3.63, 3.8) is 0 Å². The molecule has 1 saturated heterocycles. The van der Waals surface area contributed by atoms with Crippen LogP contribution in [-0.4, -0.2) is 115 Å². The van der Waals surface area contributed by atoms with E-state index in [0.717, 1.165) is 0 Å². The van der Waals surface area contributed by atoms with E-state index in [1.165, 1.54) is 43.0 Å². The highest BCUT2D eigenvalue weighted by molar-refractivity contribution is 7.46. The van der Waals surface area contributed by atoms with Gasteiger partial charge in [0.1, 0.15) is 36.0 Å². The largest absolute Gasteiger partial charge is 0.524 e. The van der Waals surface area contributed by atoms with Gasteiger partial charge < -0.3 is 52.4 Å². The van der Waals surface area contributed by atoms with Crippen LogP contribution in [0.4, 0.5) is 0 Å². The molecule has 6 amide bonds. The highest BCUT2D eigenvalue weighted by Gasteiger charge is 2.39. The highest BCUT2D eigenvalue weighted by Crippen LogP contribution is 2.37. The maximum absolute atomic E-state index is 13.5. The number of hydrogen-bond donors (Lipinski definition) is 10. The van der Waals surface area contributed by atoms with E-state index in [1.54, 1.807) is 13.8 Å². The fraction of sp³-hybridized carbons (Fsp3) is 0.581. The van der Waals surface area contributed by atoms with E-state index in [4.69, 9.17) is 21.3 Å². The van der Waals surface area contributed by atoms with Crippen LogP contribution in [-0.2, 0) is 44.5 Å². The van der Waals surface area contributed by atoms with Gasteiger partial charge >= 0.3 is 13.8 Å². The van der Waals surface area contributed by atoms with E-state index in [0.29, 0.717) is 12.0 Å². The van der Waals surface area contributed by atoms with Crippen LogP contribution in [0, 0.1) is 5.92 Å². The number of primary amides is 1. The van der Waals surface area contributed by atoms with Gasteiger partial charge in [-0.2, -0.15) is 0 Å². The first-order valence-electron chi connectivity index (χ1n) is 16.4. The van der Waals surface area contributed by atoms with Gasteiger partial charge in [0.25, 0.3) is 0 Å². The molecule has 7 atom stereocenters. The number of likely N-dealkylation sites (tertiary alicyclic amines) is 1. The number of nitrogens with one attached hydrogen (secondary N) is 4. The molecule has 12 N–H and O–H groups in total. The number of carboxylic acids is 1. The minimum atomic E-state index is -4.75. The maximum atomic E-state index is 13.5. The number of carbonyl (C=O) groups is 7. The van der Waals surface area contributed by atoms with Crippen molar-refractivity contribution in [2.45, 2.75) is 102 Å². The molecule has 0 aliphatic carbocycles. The maximum Gasteiger partial charge on any atom is 0.524 e. The number of benzene rings is 1. The summed E-state index contributed by atoms with van der Waals surface area (Å²) in [7, 11) is -4.75. The van der Waals surface area contributed by atoms with Crippen LogP contribution in [0.25, 0.3) is 0 Å². The second-order valence-electron chi connectivity index (χ2n) is 12.8. The lowest BCUT2D eigenvalue weighted by molar-refractivity contribution is -0.144. The van der Waals surface area contributed by atoms with E-state index >= 15 is 0 Å². The molecule has 2 rings (SSSR count). The topological polar surface area (TPSA) is 330 Å². The van der Waals surface area contributed by atoms with Crippen LogP contribution < -0.4 is 37.3 Å². The molecule has 1 heterocycles. The van der Waals surface area contributed by atoms with E-state index < -0.39 is 97.5 Å². The third-order valence-corrected chi connectivity index (χ3v) is 8.56. The Hall–Kier alpha value is -4.62. The van der Waals surface area contributed by atoms with Crippen molar-refractivity contribution in [2.24, 2.45) is 17.4 Å². The fourth-order valence-electron chi connectivity index (χ4n) is 5.34. The third-order valence-electron chi connectivity index (χ3n) is 8.11. The number of amides is 6. The number of hydrogen-bond acceptors (Lipinski definition) is 11. The Morgan fingerprint density at radius 3 is 2.04 bits per heavy atom. The van der Waals surface area contributed by atoms with Gasteiger partial charge in [0.2, 0.25) is 35.4 Å². The SMILES string of the molecule is CC(C)[C@H](NC(=O)[C@@H](NC(=O)[C@H](CCC(N)=O)NC(=O)[C@@H]1CCCN1C(=O)[C@H](C)NC(=O)[C@@H](N)Cc1ccc(OP(=O)(O)O)cc1)[C@@H](C)O)C(=O)O. The Kier molecular flexibility index (Phi) is 16.1. The predicted molar refractivity (Wildman–Crippen MR) is 182 cm³/mol. The van der Waals surface area contributed by atoms with E-state index in [-0.39, 0.29) is 38.0 Å². The monoisotopic (exact) mass is 757 g/mol. The normalized spacial score (nSPS) is 17.9. The van der Waals surface area contributed by atoms with Crippen molar-refractivity contribution in [1.82, 2.24) is 26.2 Å². The third kappa shape index (κ3) is 13.5. The van der Waals surface area contributed by atoms with Crippen molar-refractivity contribution in [1.29, 1.82) is 0 Å². The molecule has 0 bridgehead atoms. The number of carboxylic acid groups (broad SMARTS) is 1. The minimum Gasteiger partial charge on any atom is -0.480 e. The lowest BCUT2D eigenvalue weighted by Gasteiger charge is -2.30. The second-order valence-corrected chi connectivity index (χ2v) is 14.0. The summed E-state index contributed by atoms with van der Waals surface area (Å²) in [6, 6.07) is -2.28. The van der Waals surface area contributed by atoms with E-state index in [2.05, 4.69) is 25.8 Å². The van der Waals surface area contributed by atoms with Gasteiger partial charge in [-0.15, -0.1) is 0 Å². The van der Waals surface area contributed by atoms with E-state index in [9.17, 15) is 48.3 Å². The summed E-state index contributed by atoms with van der Waals surface area (Å²) in [6.45, 7) is 5.81. The Labute approximate surface area is 299 Å². The molecule has 1 aliphatic rings. The summed E-state index contributed by atoms with van der Waals surface area (Å²) >= 11 is 0. The van der Waals surface area contributed by atoms with Crippen molar-refractivity contribution in [2.75, 3.05) is 6.54 Å². The summed E-state index contributed by atoms with van der Waals surface area (Å²) in [6.07, 6.45) is -1.58. The first-order chi connectivity index (χ1) is 24.1. The van der Waals surface area contributed by atoms with E-state index in [1.807, 2.05) is 0 Å². The fourth-order valence-corrected chi connectivity index (χ4v) is 5.74. The van der Waals surface area contributed by atoms with Crippen molar-refractivity contribution >= 4 is 49.2 Å². The molecule has 21 heteroatoms. The van der Waals surface area contributed by atoms with Gasteiger partial charge in [-0.25, -0.2) is 9.36 Å². The Bertz CT molecular complexity index is 1520. The van der Waals surface area contributed by atoms with Crippen molar-refractivity contribution in [3.8, 4) is 5.75 Å². The smallest absolute Gasteiger partial charge is 0.480 e. The molecule has 1 aromatic rings. The Balaban J connectivity index is 2.10. The Morgan fingerprint density at radius 2 is 1.52 bits per heavy atom. The number of aliphatic hydroxyl groups excluding tert-OH is 1. The molecular formula is C31H48N7O13P. The molecule has 0 saturated carbocycles. The molecule has 0 unspecified atom stereocenters. The van der Waals surface area contributed by atoms with Gasteiger partial charge in [0.15, 0.2) is 0 Å². The predicted octanol–water partition coefficient (Wildman–Crippen LogP) is -2.64. The zero-order chi connectivity index (χ0) is 39.5. The van der Waals surface area contributed by atoms with Crippen LogP contribution in [0.2, 0.25) is 0 Å². The van der Waals surface area contributed by atoms with Crippen molar-refractivity contribution < 1.29 is 62.7 Å². The number of aliphatic carboxylic acids is 1. The number of phosphoric ester groups is 1. The number of nitrogens with zero attached hydrogens (tertiary/aromatic N) is 1. The summed E-state index contributed by atoms with van der Waals surface area (Å²) in [5.74, 6) is -6.85. The average molecular weight is 758 g/mol. The summed E-state index contributed by atoms with van der Waals surface area (Å²) in [5.41, 5.74) is 11.8. The minimum absolute atomic E-state index is 0.00186. The average Bonchev–Trinajstić information content (AvgIpc) is 3.53. The van der Waals surface area contributed by atoms with Gasteiger partial charge in [-0.1, -0.05) is 26.0 Å². The number of phosphoric acid groups is 1. The molecule has 0 radical (unpaired) electrons. The second kappa shape index (κ2) is 19.3.